The maximum absolute atomic E-state index is 12.7. The van der Waals surface area contributed by atoms with Gasteiger partial charge in [0, 0.05) is 19.7 Å². The Bertz CT molecular complexity index is 800. The topological polar surface area (TPSA) is 58.4 Å². The highest BCUT2D eigenvalue weighted by Crippen LogP contribution is 2.34. The number of amides is 2. The second-order valence-corrected chi connectivity index (χ2v) is 5.95. The van der Waals surface area contributed by atoms with Crippen LogP contribution in [-0.4, -0.2) is 36.7 Å². The largest absolute Gasteiger partial charge is 0.416 e. The monoisotopic (exact) mass is 368 g/mol. The summed E-state index contributed by atoms with van der Waals surface area (Å²) < 4.78 is 39.7. The summed E-state index contributed by atoms with van der Waals surface area (Å²) in [6, 6.07) is 4.30. The summed E-state index contributed by atoms with van der Waals surface area (Å²) >= 11 is 0. The zero-order valence-corrected chi connectivity index (χ0v) is 14.8. The number of aromatic nitrogens is 2. The average molecular weight is 368 g/mol. The fourth-order valence-corrected chi connectivity index (χ4v) is 2.72. The zero-order valence-electron chi connectivity index (χ0n) is 14.8. The van der Waals surface area contributed by atoms with E-state index in [-0.39, 0.29) is 0 Å². The Balaban J connectivity index is 2.52. The number of halogens is 3. The summed E-state index contributed by atoms with van der Waals surface area (Å²) in [5.74, 6) is 0.818. The van der Waals surface area contributed by atoms with E-state index in [9.17, 15) is 22.8 Å². The number of benzene rings is 1. The molecule has 2 amide bonds. The Labute approximate surface area is 148 Å². The van der Waals surface area contributed by atoms with Crippen molar-refractivity contribution in [3.63, 3.8) is 0 Å². The molecule has 0 fully saturated rings. The molecule has 6 nitrogen and oxygen atoms in total. The summed E-state index contributed by atoms with van der Waals surface area (Å²) in [4.78, 5) is 24.9. The van der Waals surface area contributed by atoms with Gasteiger partial charge in [0.05, 0.1) is 11.6 Å². The first-order valence-electron chi connectivity index (χ1n) is 7.74. The van der Waals surface area contributed by atoms with Crippen LogP contribution in [0, 0.1) is 6.92 Å². The highest BCUT2D eigenvalue weighted by atomic mass is 19.4. The Morgan fingerprint density at radius 2 is 1.62 bits per heavy atom. The van der Waals surface area contributed by atoms with Crippen molar-refractivity contribution in [1.82, 2.24) is 9.78 Å². The molecule has 0 aliphatic carbocycles. The van der Waals surface area contributed by atoms with E-state index in [4.69, 9.17) is 0 Å². The van der Waals surface area contributed by atoms with Gasteiger partial charge in [-0.1, -0.05) is 12.1 Å². The summed E-state index contributed by atoms with van der Waals surface area (Å²) in [7, 11) is 3.07. The van der Waals surface area contributed by atoms with Crippen LogP contribution in [0.15, 0.2) is 24.3 Å². The molecule has 0 saturated heterocycles. The molecule has 9 heteroatoms. The minimum Gasteiger partial charge on any atom is -0.302 e. The number of nitrogens with zero attached hydrogens (tertiary/aromatic N) is 4. The van der Waals surface area contributed by atoms with Gasteiger partial charge in [-0.05, 0) is 31.5 Å². The van der Waals surface area contributed by atoms with E-state index < -0.39 is 17.8 Å². The van der Waals surface area contributed by atoms with E-state index in [1.165, 1.54) is 40.7 Å². The molecule has 0 aliphatic heterocycles. The normalized spacial score (nSPS) is 12.6. The van der Waals surface area contributed by atoms with Crippen molar-refractivity contribution in [2.24, 2.45) is 0 Å². The summed E-state index contributed by atoms with van der Waals surface area (Å²) in [5.41, 5.74) is 0.450. The van der Waals surface area contributed by atoms with Crippen LogP contribution < -0.4 is 9.80 Å². The fourth-order valence-electron chi connectivity index (χ4n) is 2.72. The van der Waals surface area contributed by atoms with Gasteiger partial charge in [0.15, 0.2) is 5.82 Å². The third kappa shape index (κ3) is 3.56. The summed E-state index contributed by atoms with van der Waals surface area (Å²) in [6.07, 6.45) is -3.22. The molecule has 2 rings (SSSR count). The van der Waals surface area contributed by atoms with Gasteiger partial charge in [-0.15, -0.1) is 0 Å². The molecule has 1 atom stereocenters. The predicted molar refractivity (Wildman–Crippen MR) is 91.2 cm³/mol. The lowest BCUT2D eigenvalue weighted by molar-refractivity contribution is -0.137. The molecule has 0 aliphatic rings. The summed E-state index contributed by atoms with van der Waals surface area (Å²) in [6.45, 7) is 3.47. The van der Waals surface area contributed by atoms with Crippen LogP contribution >= 0.6 is 0 Å². The van der Waals surface area contributed by atoms with E-state index in [0.29, 0.717) is 35.6 Å². The first-order chi connectivity index (χ1) is 12.1. The predicted octanol–water partition coefficient (Wildman–Crippen LogP) is 3.00. The molecule has 0 unspecified atom stereocenters. The second kappa shape index (κ2) is 7.19. The minimum absolute atomic E-state index is 0.363. The number of hydrogen-bond donors (Lipinski definition) is 0. The van der Waals surface area contributed by atoms with Gasteiger partial charge in [-0.3, -0.25) is 9.59 Å². The highest BCUT2D eigenvalue weighted by Gasteiger charge is 2.30. The number of carbonyl (C=O) groups is 2. The third-order valence-electron chi connectivity index (χ3n) is 4.16. The number of alkyl halides is 3. The number of hydrogen-bond acceptors (Lipinski definition) is 3. The first-order valence-corrected chi connectivity index (χ1v) is 7.74. The molecule has 0 N–H and O–H groups in total. The molecule has 0 bridgehead atoms. The highest BCUT2D eigenvalue weighted by molar-refractivity contribution is 5.81. The van der Waals surface area contributed by atoms with Gasteiger partial charge in [0.1, 0.15) is 5.82 Å². The van der Waals surface area contributed by atoms with E-state index in [2.05, 4.69) is 5.10 Å². The van der Waals surface area contributed by atoms with Crippen LogP contribution in [0.2, 0.25) is 0 Å². The lowest BCUT2D eigenvalue weighted by Gasteiger charge is -2.20. The van der Waals surface area contributed by atoms with Crippen LogP contribution in [0.4, 0.5) is 24.8 Å². The van der Waals surface area contributed by atoms with E-state index in [0.717, 1.165) is 12.1 Å². The minimum atomic E-state index is -4.41. The first kappa shape index (κ1) is 19.5. The van der Waals surface area contributed by atoms with Crippen LogP contribution in [0.5, 0.6) is 0 Å². The average Bonchev–Trinajstić information content (AvgIpc) is 2.96. The summed E-state index contributed by atoms with van der Waals surface area (Å²) in [5, 5.41) is 4.39. The Kier molecular flexibility index (Phi) is 5.38. The third-order valence-corrected chi connectivity index (χ3v) is 4.16. The smallest absolute Gasteiger partial charge is 0.302 e. The quantitative estimate of drug-likeness (QED) is 0.737. The maximum atomic E-state index is 12.7. The van der Waals surface area contributed by atoms with Crippen molar-refractivity contribution in [2.45, 2.75) is 26.1 Å². The van der Waals surface area contributed by atoms with Crippen molar-refractivity contribution in [3.05, 3.63) is 41.0 Å². The van der Waals surface area contributed by atoms with Crippen LogP contribution in [0.3, 0.4) is 0 Å². The SMILES string of the molecule is Cc1c(N(C)C=O)nn([C@@H](C)c2ccc(C(F)(F)F)cc2)c1N(C)C=O. The molecule has 1 heterocycles. The molecular weight excluding hydrogens is 349 g/mol. The zero-order chi connectivity index (χ0) is 19.6. The standard InChI is InChI=1S/C17H19F3N4O2/c1-11-15(22(3)9-25)21-24(16(11)23(4)10-26)12(2)13-5-7-14(8-6-13)17(18,19)20/h5-10,12H,1-4H3/t12-/m0/s1. The molecule has 0 saturated carbocycles. The van der Waals surface area contributed by atoms with Gasteiger partial charge in [-0.2, -0.15) is 18.3 Å². The van der Waals surface area contributed by atoms with Crippen LogP contribution in [0.1, 0.15) is 29.7 Å². The Morgan fingerprint density at radius 1 is 1.08 bits per heavy atom. The lowest BCUT2D eigenvalue weighted by Crippen LogP contribution is -2.21. The molecule has 26 heavy (non-hydrogen) atoms. The van der Waals surface area contributed by atoms with E-state index in [1.54, 1.807) is 13.8 Å². The van der Waals surface area contributed by atoms with Crippen molar-refractivity contribution < 1.29 is 22.8 Å². The van der Waals surface area contributed by atoms with Gasteiger partial charge in [-0.25, -0.2) is 4.68 Å². The maximum Gasteiger partial charge on any atom is 0.416 e. The van der Waals surface area contributed by atoms with E-state index in [1.807, 2.05) is 0 Å². The Morgan fingerprint density at radius 3 is 2.08 bits per heavy atom. The molecule has 2 aromatic rings. The van der Waals surface area contributed by atoms with Gasteiger partial charge < -0.3 is 9.80 Å². The van der Waals surface area contributed by atoms with Crippen molar-refractivity contribution in [3.8, 4) is 0 Å². The molecule has 1 aromatic carbocycles. The number of anilines is 2. The second-order valence-electron chi connectivity index (χ2n) is 5.95. The van der Waals surface area contributed by atoms with Gasteiger partial charge >= 0.3 is 6.18 Å². The fraction of sp³-hybridized carbons (Fsp3) is 0.353. The number of carbonyl (C=O) groups excluding carboxylic acids is 2. The van der Waals surface area contributed by atoms with E-state index >= 15 is 0 Å². The lowest BCUT2D eigenvalue weighted by atomic mass is 10.1. The van der Waals surface area contributed by atoms with Crippen molar-refractivity contribution in [1.29, 1.82) is 0 Å². The van der Waals surface area contributed by atoms with Gasteiger partial charge in [0.25, 0.3) is 0 Å². The molecular formula is C17H19F3N4O2. The Hall–Kier alpha value is -2.84. The molecule has 140 valence electrons. The van der Waals surface area contributed by atoms with Crippen LogP contribution in [0.25, 0.3) is 0 Å². The van der Waals surface area contributed by atoms with Crippen molar-refractivity contribution >= 4 is 24.5 Å². The molecule has 0 spiro atoms. The number of rotatable bonds is 6. The van der Waals surface area contributed by atoms with Crippen LogP contribution in [-0.2, 0) is 15.8 Å². The van der Waals surface area contributed by atoms with Gasteiger partial charge in [0.2, 0.25) is 12.8 Å². The van der Waals surface area contributed by atoms with Crippen molar-refractivity contribution in [2.75, 3.05) is 23.9 Å². The molecule has 0 radical (unpaired) electrons. The molecule has 1 aromatic heterocycles.